The van der Waals surface area contributed by atoms with Crippen LogP contribution in [0.5, 0.6) is 5.75 Å². The standard InChI is InChI=1S/C31H28N4O2.ClH/c32-26-14-13-25(26)22-9-11-24(12-10-22)30-29(23-5-2-1-3-6-23)33-27-7-4-8-28(31(27)34-30)37-20-17-21-15-18-35(36)19-16-21;/h1-12,15-16,18-19,25-26H,13-14,17,20,32H2;1H. The zero-order valence-corrected chi connectivity index (χ0v) is 21.7. The molecule has 2 unspecified atom stereocenters. The van der Waals surface area contributed by atoms with Gasteiger partial charge in [0.05, 0.1) is 23.5 Å². The van der Waals surface area contributed by atoms with Crippen molar-refractivity contribution in [2.45, 2.75) is 31.2 Å². The second-order valence-corrected chi connectivity index (χ2v) is 9.55. The summed E-state index contributed by atoms with van der Waals surface area (Å²) in [6.45, 7) is 0.468. The van der Waals surface area contributed by atoms with E-state index in [9.17, 15) is 5.21 Å². The van der Waals surface area contributed by atoms with Crippen LogP contribution in [-0.2, 0) is 6.42 Å². The second-order valence-electron chi connectivity index (χ2n) is 9.55. The van der Waals surface area contributed by atoms with Crippen LogP contribution in [0.3, 0.4) is 0 Å². The van der Waals surface area contributed by atoms with Crippen LogP contribution in [0.25, 0.3) is 33.5 Å². The van der Waals surface area contributed by atoms with Gasteiger partial charge in [-0.05, 0) is 42.0 Å². The van der Waals surface area contributed by atoms with Crippen molar-refractivity contribution in [3.63, 3.8) is 0 Å². The highest BCUT2D eigenvalue weighted by molar-refractivity contribution is 5.89. The van der Waals surface area contributed by atoms with Gasteiger partial charge in [-0.1, -0.05) is 60.7 Å². The van der Waals surface area contributed by atoms with Gasteiger partial charge in [-0.2, -0.15) is 4.73 Å². The van der Waals surface area contributed by atoms with Gasteiger partial charge in [-0.25, -0.2) is 9.97 Å². The Morgan fingerprint density at radius 1 is 0.816 bits per heavy atom. The maximum atomic E-state index is 11.3. The molecule has 0 spiro atoms. The van der Waals surface area contributed by atoms with Crippen LogP contribution < -0.4 is 15.2 Å². The lowest BCUT2D eigenvalue weighted by Gasteiger charge is -2.34. The molecular weight excluding hydrogens is 496 g/mol. The summed E-state index contributed by atoms with van der Waals surface area (Å²) in [6, 6.07) is 28.5. The van der Waals surface area contributed by atoms with Crippen LogP contribution in [0.15, 0.2) is 97.3 Å². The number of hydrogen-bond donors (Lipinski definition) is 1. The molecule has 1 saturated carbocycles. The third kappa shape index (κ3) is 5.19. The molecule has 0 aliphatic heterocycles. The molecule has 1 aliphatic rings. The molecule has 0 radical (unpaired) electrons. The fraction of sp³-hybridized carbons (Fsp3) is 0.194. The average molecular weight is 525 g/mol. The Kier molecular flexibility index (Phi) is 7.54. The molecule has 5 aromatic rings. The quantitative estimate of drug-likeness (QED) is 0.213. The molecule has 1 fully saturated rings. The highest BCUT2D eigenvalue weighted by Gasteiger charge is 2.28. The number of nitrogens with two attached hydrogens (primary N) is 1. The molecule has 192 valence electrons. The molecule has 7 heteroatoms. The molecule has 2 N–H and O–H groups in total. The number of ether oxygens (including phenoxy) is 1. The van der Waals surface area contributed by atoms with Gasteiger partial charge in [-0.3, -0.25) is 0 Å². The van der Waals surface area contributed by atoms with Crippen molar-refractivity contribution >= 4 is 23.4 Å². The maximum absolute atomic E-state index is 11.3. The molecule has 2 heterocycles. The van der Waals surface area contributed by atoms with Gasteiger partial charge in [0.25, 0.3) is 0 Å². The topological polar surface area (TPSA) is 88.0 Å². The Labute approximate surface area is 228 Å². The first-order valence-corrected chi connectivity index (χ1v) is 12.7. The SMILES string of the molecule is Cl.NC1CCC1c1ccc(-c2nc3c(OCCc4cc[n+]([O-])cc4)cccc3nc2-c2ccccc2)cc1. The van der Waals surface area contributed by atoms with E-state index >= 15 is 0 Å². The molecule has 3 aromatic carbocycles. The minimum atomic E-state index is 0. The molecule has 38 heavy (non-hydrogen) atoms. The Morgan fingerprint density at radius 2 is 1.53 bits per heavy atom. The summed E-state index contributed by atoms with van der Waals surface area (Å²) in [5.41, 5.74) is 13.7. The Balaban J connectivity index is 0.00000294. The summed E-state index contributed by atoms with van der Waals surface area (Å²) in [7, 11) is 0. The number of hydrogen-bond acceptors (Lipinski definition) is 5. The zero-order valence-electron chi connectivity index (χ0n) is 20.9. The number of benzene rings is 3. The third-order valence-electron chi connectivity index (χ3n) is 7.16. The lowest BCUT2D eigenvalue weighted by atomic mass is 9.75. The summed E-state index contributed by atoms with van der Waals surface area (Å²) < 4.78 is 6.95. The highest BCUT2D eigenvalue weighted by atomic mass is 35.5. The number of halogens is 1. The van der Waals surface area contributed by atoms with Crippen molar-refractivity contribution in [1.29, 1.82) is 0 Å². The van der Waals surface area contributed by atoms with Gasteiger partial charge in [-0.15, -0.1) is 12.4 Å². The fourth-order valence-corrected chi connectivity index (χ4v) is 4.88. The molecule has 2 aromatic heterocycles. The summed E-state index contributed by atoms with van der Waals surface area (Å²) in [5, 5.41) is 11.3. The van der Waals surface area contributed by atoms with E-state index in [1.165, 1.54) is 18.0 Å². The van der Waals surface area contributed by atoms with Gasteiger partial charge in [0.2, 0.25) is 0 Å². The van der Waals surface area contributed by atoms with E-state index in [1.54, 1.807) is 0 Å². The van der Waals surface area contributed by atoms with Crippen LogP contribution >= 0.6 is 12.4 Å². The Morgan fingerprint density at radius 3 is 2.21 bits per heavy atom. The smallest absolute Gasteiger partial charge is 0.180 e. The van der Waals surface area contributed by atoms with Crippen LogP contribution in [0, 0.1) is 5.21 Å². The first-order chi connectivity index (χ1) is 18.2. The van der Waals surface area contributed by atoms with Crippen LogP contribution in [-0.4, -0.2) is 22.6 Å². The van der Waals surface area contributed by atoms with E-state index in [0.717, 1.165) is 56.7 Å². The number of para-hydroxylation sites is 1. The van der Waals surface area contributed by atoms with Crippen LogP contribution in [0.2, 0.25) is 0 Å². The van der Waals surface area contributed by atoms with E-state index in [-0.39, 0.29) is 18.4 Å². The van der Waals surface area contributed by atoms with Gasteiger partial charge in [0, 0.05) is 35.7 Å². The van der Waals surface area contributed by atoms with Crippen molar-refractivity contribution < 1.29 is 9.47 Å². The molecule has 6 rings (SSSR count). The van der Waals surface area contributed by atoms with Crippen molar-refractivity contribution in [3.05, 3.63) is 114 Å². The lowest BCUT2D eigenvalue weighted by Crippen LogP contribution is -2.37. The number of fused-ring (bicyclic) bond motifs is 1. The minimum Gasteiger partial charge on any atom is -0.619 e. The largest absolute Gasteiger partial charge is 0.619 e. The van der Waals surface area contributed by atoms with E-state index in [2.05, 4.69) is 36.4 Å². The highest BCUT2D eigenvalue weighted by Crippen LogP contribution is 2.38. The second kappa shape index (κ2) is 11.2. The summed E-state index contributed by atoms with van der Waals surface area (Å²) in [4.78, 5) is 10.2. The molecule has 6 nitrogen and oxygen atoms in total. The van der Waals surface area contributed by atoms with Crippen molar-refractivity contribution in [2.24, 2.45) is 5.73 Å². The Bertz CT molecular complexity index is 1530. The van der Waals surface area contributed by atoms with E-state index < -0.39 is 0 Å². The zero-order chi connectivity index (χ0) is 25.2. The lowest BCUT2D eigenvalue weighted by molar-refractivity contribution is -0.605. The first-order valence-electron chi connectivity index (χ1n) is 12.7. The van der Waals surface area contributed by atoms with Crippen LogP contribution in [0.1, 0.15) is 29.9 Å². The van der Waals surface area contributed by atoms with Crippen molar-refractivity contribution in [3.8, 4) is 28.3 Å². The van der Waals surface area contributed by atoms with Crippen molar-refractivity contribution in [2.75, 3.05) is 6.61 Å². The normalized spacial score (nSPS) is 16.4. The van der Waals surface area contributed by atoms with Gasteiger partial charge in [0.1, 0.15) is 11.3 Å². The van der Waals surface area contributed by atoms with Gasteiger partial charge in [0.15, 0.2) is 12.4 Å². The Hall–Kier alpha value is -4.00. The third-order valence-corrected chi connectivity index (χ3v) is 7.16. The van der Waals surface area contributed by atoms with Crippen molar-refractivity contribution in [1.82, 2.24) is 9.97 Å². The fourth-order valence-electron chi connectivity index (χ4n) is 4.88. The molecule has 0 amide bonds. The average Bonchev–Trinajstić information content (AvgIpc) is 2.93. The minimum absolute atomic E-state index is 0. The molecular formula is C31H29ClN4O2. The van der Waals surface area contributed by atoms with Gasteiger partial charge < -0.3 is 15.7 Å². The monoisotopic (exact) mass is 524 g/mol. The predicted molar refractivity (Wildman–Crippen MR) is 152 cm³/mol. The number of pyridine rings is 1. The molecule has 2 atom stereocenters. The molecule has 1 aliphatic carbocycles. The first kappa shape index (κ1) is 25.6. The summed E-state index contributed by atoms with van der Waals surface area (Å²) in [5.74, 6) is 1.13. The molecule has 0 saturated heterocycles. The number of nitrogens with zero attached hydrogens (tertiary/aromatic N) is 3. The summed E-state index contributed by atoms with van der Waals surface area (Å²) >= 11 is 0. The summed E-state index contributed by atoms with van der Waals surface area (Å²) in [6.07, 6.45) is 5.92. The number of rotatable bonds is 7. The molecule has 0 bridgehead atoms. The van der Waals surface area contributed by atoms with E-state index in [1.807, 2.05) is 48.5 Å². The predicted octanol–water partition coefficient (Wildman–Crippen LogP) is 5.85. The van der Waals surface area contributed by atoms with Crippen LogP contribution in [0.4, 0.5) is 0 Å². The van der Waals surface area contributed by atoms with Gasteiger partial charge >= 0.3 is 0 Å². The number of aromatic nitrogens is 3. The van der Waals surface area contributed by atoms with E-state index in [4.69, 9.17) is 20.4 Å². The van der Waals surface area contributed by atoms with E-state index in [0.29, 0.717) is 24.7 Å². The maximum Gasteiger partial charge on any atom is 0.180 e.